The lowest BCUT2D eigenvalue weighted by Gasteiger charge is -2.11. The van der Waals surface area contributed by atoms with Crippen LogP contribution in [0.15, 0.2) is 98.1 Å². The van der Waals surface area contributed by atoms with Crippen LogP contribution >= 0.6 is 0 Å². The first-order valence-electron chi connectivity index (χ1n) is 9.75. The second-order valence-corrected chi connectivity index (χ2v) is 8.56. The smallest absolute Gasteiger partial charge is 0.296 e. The predicted octanol–water partition coefficient (Wildman–Crippen LogP) is 6.51. The molecule has 33 heavy (non-hydrogen) atoms. The highest BCUT2D eigenvalue weighted by Gasteiger charge is 2.17. The molecule has 4 rings (SSSR count). The van der Waals surface area contributed by atoms with E-state index in [2.05, 4.69) is 20.5 Å². The molecule has 0 fully saturated rings. The van der Waals surface area contributed by atoms with Crippen molar-refractivity contribution in [1.29, 1.82) is 0 Å². The van der Waals surface area contributed by atoms with Crippen LogP contribution in [-0.2, 0) is 10.1 Å². The molecule has 0 aliphatic carbocycles. The van der Waals surface area contributed by atoms with Crippen LogP contribution in [0.1, 0.15) is 5.56 Å². The highest BCUT2D eigenvalue weighted by molar-refractivity contribution is 7.86. The number of phenols is 1. The Hall–Kier alpha value is -4.15. The van der Waals surface area contributed by atoms with Crippen LogP contribution in [0.3, 0.4) is 0 Å². The number of phenolic OH excluding ortho intramolecular Hbond substituents is 1. The molecule has 0 saturated heterocycles. The number of nitrogens with zero attached hydrogens (tertiary/aromatic N) is 4. The van der Waals surface area contributed by atoms with Crippen molar-refractivity contribution < 1.29 is 18.1 Å². The Balaban J connectivity index is 1.80. The third-order valence-electron chi connectivity index (χ3n) is 4.89. The fourth-order valence-electron chi connectivity index (χ4n) is 3.30. The minimum absolute atomic E-state index is 0.0720. The van der Waals surface area contributed by atoms with Gasteiger partial charge in [0.2, 0.25) is 0 Å². The topological polar surface area (TPSA) is 150 Å². The van der Waals surface area contributed by atoms with Gasteiger partial charge in [-0.15, -0.1) is 15.3 Å². The number of aryl methyl sites for hydroxylation is 1. The molecular formula is C23H19N5O4S. The van der Waals surface area contributed by atoms with Gasteiger partial charge in [-0.2, -0.15) is 13.5 Å². The number of anilines is 1. The molecule has 0 heterocycles. The van der Waals surface area contributed by atoms with E-state index in [0.29, 0.717) is 27.7 Å². The summed E-state index contributed by atoms with van der Waals surface area (Å²) in [5.74, 6) is -0.229. The van der Waals surface area contributed by atoms with E-state index in [9.17, 15) is 18.1 Å². The fraction of sp³-hybridized carbons (Fsp3) is 0.0435. The van der Waals surface area contributed by atoms with E-state index in [-0.39, 0.29) is 22.8 Å². The third-order valence-corrected chi connectivity index (χ3v) is 5.79. The summed E-state index contributed by atoms with van der Waals surface area (Å²) in [7, 11) is -4.49. The number of azo groups is 2. The molecule has 4 aromatic carbocycles. The lowest BCUT2D eigenvalue weighted by molar-refractivity contribution is 0.482. The van der Waals surface area contributed by atoms with Gasteiger partial charge in [0.25, 0.3) is 10.1 Å². The van der Waals surface area contributed by atoms with Crippen LogP contribution in [0.4, 0.5) is 28.4 Å². The van der Waals surface area contributed by atoms with Crippen molar-refractivity contribution in [1.82, 2.24) is 0 Å². The number of nitrogens with two attached hydrogens (primary N) is 1. The van der Waals surface area contributed by atoms with Gasteiger partial charge in [-0.25, -0.2) is 0 Å². The Kier molecular flexibility index (Phi) is 5.86. The van der Waals surface area contributed by atoms with Gasteiger partial charge >= 0.3 is 0 Å². The zero-order valence-corrected chi connectivity index (χ0v) is 18.2. The van der Waals surface area contributed by atoms with Gasteiger partial charge in [-0.1, -0.05) is 36.4 Å². The Bertz CT molecular complexity index is 1520. The molecule has 0 aliphatic rings. The van der Waals surface area contributed by atoms with Gasteiger partial charge in [0, 0.05) is 0 Å². The maximum Gasteiger partial charge on any atom is 0.296 e. The molecule has 0 aliphatic heterocycles. The van der Waals surface area contributed by atoms with Crippen LogP contribution in [0.5, 0.6) is 5.75 Å². The summed E-state index contributed by atoms with van der Waals surface area (Å²) in [4.78, 5) is -0.394. The van der Waals surface area contributed by atoms with E-state index in [1.165, 1.54) is 18.2 Å². The summed E-state index contributed by atoms with van der Waals surface area (Å²) in [6.45, 7) is 1.72. The summed E-state index contributed by atoms with van der Waals surface area (Å²) >= 11 is 0. The van der Waals surface area contributed by atoms with Gasteiger partial charge < -0.3 is 10.8 Å². The summed E-state index contributed by atoms with van der Waals surface area (Å²) in [6.07, 6.45) is 0. The maximum atomic E-state index is 11.6. The molecule has 0 radical (unpaired) electrons. The minimum atomic E-state index is -4.49. The molecule has 10 heteroatoms. The highest BCUT2D eigenvalue weighted by Crippen LogP contribution is 2.44. The van der Waals surface area contributed by atoms with Gasteiger partial charge in [-0.05, 0) is 54.3 Å². The van der Waals surface area contributed by atoms with E-state index in [1.54, 1.807) is 43.3 Å². The summed E-state index contributed by atoms with van der Waals surface area (Å²) in [5, 5.41) is 28.3. The van der Waals surface area contributed by atoms with Gasteiger partial charge in [0.1, 0.15) is 22.0 Å². The van der Waals surface area contributed by atoms with Gasteiger partial charge in [0.15, 0.2) is 5.75 Å². The second kappa shape index (κ2) is 8.77. The largest absolute Gasteiger partial charge is 0.505 e. The number of hydrogen-bond acceptors (Lipinski definition) is 8. The first-order chi connectivity index (χ1) is 15.8. The number of rotatable bonds is 5. The summed E-state index contributed by atoms with van der Waals surface area (Å²) < 4.78 is 32.6. The second-order valence-electron chi connectivity index (χ2n) is 7.17. The monoisotopic (exact) mass is 461 g/mol. The average molecular weight is 462 g/mol. The summed E-state index contributed by atoms with van der Waals surface area (Å²) in [5.41, 5.74) is 8.14. The molecule has 4 N–H and O–H groups in total. The van der Waals surface area contributed by atoms with E-state index in [4.69, 9.17) is 5.73 Å². The zero-order valence-electron chi connectivity index (χ0n) is 17.4. The van der Waals surface area contributed by atoms with Crippen LogP contribution in [-0.4, -0.2) is 18.1 Å². The normalized spacial score (nSPS) is 12.2. The van der Waals surface area contributed by atoms with E-state index in [0.717, 1.165) is 0 Å². The van der Waals surface area contributed by atoms with E-state index >= 15 is 0 Å². The molecule has 166 valence electrons. The molecule has 0 atom stereocenters. The number of fused-ring (bicyclic) bond motifs is 1. The molecule has 9 nitrogen and oxygen atoms in total. The lowest BCUT2D eigenvalue weighted by Crippen LogP contribution is -1.97. The van der Waals surface area contributed by atoms with Crippen LogP contribution < -0.4 is 5.73 Å². The molecule has 0 amide bonds. The Morgan fingerprint density at radius 2 is 1.48 bits per heavy atom. The third kappa shape index (κ3) is 4.56. The molecule has 0 bridgehead atoms. The quantitative estimate of drug-likeness (QED) is 0.176. The number of benzene rings is 4. The average Bonchev–Trinajstić information content (AvgIpc) is 2.78. The van der Waals surface area contributed by atoms with Crippen molar-refractivity contribution >= 4 is 49.3 Å². The Morgan fingerprint density at radius 3 is 2.21 bits per heavy atom. The van der Waals surface area contributed by atoms with Crippen LogP contribution in [0.25, 0.3) is 10.8 Å². The van der Waals surface area contributed by atoms with Gasteiger partial charge in [-0.3, -0.25) is 4.55 Å². The van der Waals surface area contributed by atoms with E-state index in [1.807, 2.05) is 18.2 Å². The highest BCUT2D eigenvalue weighted by atomic mass is 32.2. The molecule has 0 aromatic heterocycles. The molecule has 0 spiro atoms. The van der Waals surface area contributed by atoms with Crippen molar-refractivity contribution in [3.05, 3.63) is 78.4 Å². The zero-order chi connectivity index (χ0) is 23.6. The number of nitrogen functional groups attached to an aromatic ring is 1. The van der Waals surface area contributed by atoms with Crippen molar-refractivity contribution in [2.75, 3.05) is 5.73 Å². The Labute approximate surface area is 189 Å². The van der Waals surface area contributed by atoms with Gasteiger partial charge in [0.05, 0.1) is 16.8 Å². The van der Waals surface area contributed by atoms with E-state index < -0.39 is 15.0 Å². The molecule has 0 saturated carbocycles. The molecule has 0 unspecified atom stereocenters. The minimum Gasteiger partial charge on any atom is -0.505 e. The first kappa shape index (κ1) is 22.1. The number of aromatic hydroxyl groups is 1. The van der Waals surface area contributed by atoms with Crippen molar-refractivity contribution in [3.8, 4) is 5.75 Å². The molecule has 4 aromatic rings. The maximum absolute atomic E-state index is 11.6. The molecular weight excluding hydrogens is 442 g/mol. The fourth-order valence-corrected chi connectivity index (χ4v) is 3.92. The van der Waals surface area contributed by atoms with Crippen LogP contribution in [0, 0.1) is 6.92 Å². The Morgan fingerprint density at radius 1 is 0.818 bits per heavy atom. The van der Waals surface area contributed by atoms with Crippen molar-refractivity contribution in [3.63, 3.8) is 0 Å². The van der Waals surface area contributed by atoms with Crippen molar-refractivity contribution in [2.24, 2.45) is 20.5 Å². The first-order valence-corrected chi connectivity index (χ1v) is 11.2. The predicted molar refractivity (Wildman–Crippen MR) is 126 cm³/mol. The standard InChI is InChI=1S/C23H19N5O4S/c1-14-13-15-11-12-18(27-25-16-7-3-2-4-8-16)21(24)20(15)23(29)22(14)28-26-17-9-5-6-10-19(17)33(30,31)32/h2-13,29H,24H2,1H3,(H,30,31,32). The van der Waals surface area contributed by atoms with Crippen LogP contribution in [0.2, 0.25) is 0 Å². The number of hydrogen-bond donors (Lipinski definition) is 3. The lowest BCUT2D eigenvalue weighted by atomic mass is 10.0. The SMILES string of the molecule is Cc1cc2ccc(N=Nc3ccccc3)c(N)c2c(O)c1N=Nc1ccccc1S(=O)(=O)O. The van der Waals surface area contributed by atoms with Crippen molar-refractivity contribution in [2.45, 2.75) is 11.8 Å². The summed E-state index contributed by atoms with van der Waals surface area (Å²) in [6, 6.07) is 20.0.